The fourth-order valence-corrected chi connectivity index (χ4v) is 3.23. The van der Waals surface area contributed by atoms with Crippen LogP contribution in [-0.4, -0.2) is 24.7 Å². The summed E-state index contributed by atoms with van der Waals surface area (Å²) in [4.78, 5) is 0.284. The normalized spacial score (nSPS) is 11.7. The maximum Gasteiger partial charge on any atom is 0.240 e. The first kappa shape index (κ1) is 17.0. The molecule has 2 aromatic rings. The molecule has 1 aromatic carbocycles. The Morgan fingerprint density at radius 3 is 2.59 bits per heavy atom. The number of aromatic nitrogens is 2. The molecule has 5 nitrogen and oxygen atoms in total. The molecule has 0 aliphatic rings. The van der Waals surface area contributed by atoms with E-state index in [9.17, 15) is 8.42 Å². The van der Waals surface area contributed by atoms with Crippen molar-refractivity contribution in [2.24, 2.45) is 0 Å². The second-order valence-electron chi connectivity index (χ2n) is 5.07. The van der Waals surface area contributed by atoms with Crippen molar-refractivity contribution in [1.29, 1.82) is 0 Å². The molecule has 1 heterocycles. The largest absolute Gasteiger partial charge is 0.270 e. The molecule has 120 valence electrons. The van der Waals surface area contributed by atoms with Crippen molar-refractivity contribution in [3.05, 3.63) is 47.2 Å². The number of nitrogens with zero attached hydrogens (tertiary/aromatic N) is 2. The highest BCUT2D eigenvalue weighted by molar-refractivity contribution is 7.89. The zero-order valence-electron chi connectivity index (χ0n) is 12.5. The van der Waals surface area contributed by atoms with Gasteiger partial charge in [-0.25, -0.2) is 13.1 Å². The van der Waals surface area contributed by atoms with Crippen LogP contribution in [0.5, 0.6) is 0 Å². The Kier molecular flexibility index (Phi) is 5.99. The summed E-state index contributed by atoms with van der Waals surface area (Å²) < 4.78 is 28.5. The fourth-order valence-electron chi connectivity index (χ4n) is 2.05. The highest BCUT2D eigenvalue weighted by atomic mass is 35.5. The van der Waals surface area contributed by atoms with Crippen LogP contribution < -0.4 is 4.72 Å². The van der Waals surface area contributed by atoms with Crippen LogP contribution in [0.3, 0.4) is 0 Å². The molecule has 0 saturated carbocycles. The molecule has 1 aromatic heterocycles. The van der Waals surface area contributed by atoms with Crippen molar-refractivity contribution in [3.8, 4) is 0 Å². The molecule has 7 heteroatoms. The first-order chi connectivity index (χ1) is 10.5. The maximum atomic E-state index is 12.2. The van der Waals surface area contributed by atoms with Gasteiger partial charge in [0.2, 0.25) is 10.0 Å². The van der Waals surface area contributed by atoms with E-state index in [1.54, 1.807) is 23.0 Å². The van der Waals surface area contributed by atoms with E-state index in [-0.39, 0.29) is 11.4 Å². The van der Waals surface area contributed by atoms with E-state index in [0.717, 1.165) is 24.8 Å². The van der Waals surface area contributed by atoms with Crippen LogP contribution in [0.15, 0.2) is 41.6 Å². The molecule has 0 bridgehead atoms. The molecule has 0 aliphatic carbocycles. The number of aryl methyl sites for hydroxylation is 1. The highest BCUT2D eigenvalue weighted by Gasteiger charge is 2.13. The van der Waals surface area contributed by atoms with Crippen molar-refractivity contribution < 1.29 is 8.42 Å². The smallest absolute Gasteiger partial charge is 0.240 e. The zero-order chi connectivity index (χ0) is 16.0. The van der Waals surface area contributed by atoms with Gasteiger partial charge in [-0.15, -0.1) is 0 Å². The maximum absolute atomic E-state index is 12.2. The molecule has 0 atom stereocenters. The van der Waals surface area contributed by atoms with Crippen LogP contribution >= 0.6 is 11.6 Å². The first-order valence-corrected chi connectivity index (χ1v) is 9.14. The number of rotatable bonds is 8. The van der Waals surface area contributed by atoms with Gasteiger partial charge in [0.05, 0.1) is 22.7 Å². The molecule has 1 N–H and O–H groups in total. The van der Waals surface area contributed by atoms with Crippen molar-refractivity contribution in [1.82, 2.24) is 14.5 Å². The lowest BCUT2D eigenvalue weighted by atomic mass is 10.1. The van der Waals surface area contributed by atoms with Gasteiger partial charge in [-0.3, -0.25) is 4.68 Å². The Bertz CT molecular complexity index is 696. The molecule has 0 aliphatic heterocycles. The zero-order valence-corrected chi connectivity index (χ0v) is 14.1. The summed E-state index contributed by atoms with van der Waals surface area (Å²) in [7, 11) is -3.48. The van der Waals surface area contributed by atoms with Crippen molar-refractivity contribution in [2.75, 3.05) is 6.54 Å². The molecular weight excluding hydrogens is 322 g/mol. The minimum Gasteiger partial charge on any atom is -0.270 e. The van der Waals surface area contributed by atoms with Gasteiger partial charge in [0, 0.05) is 12.7 Å². The van der Waals surface area contributed by atoms with Crippen LogP contribution in [0.1, 0.15) is 25.3 Å². The number of halogens is 1. The number of hydrogen-bond donors (Lipinski definition) is 1. The SMILES string of the molecule is CCCCc1ccc(S(=O)(=O)NCCn2cc(Cl)cn2)cc1. The second kappa shape index (κ2) is 7.76. The monoisotopic (exact) mass is 341 g/mol. The van der Waals surface area contributed by atoms with Gasteiger partial charge < -0.3 is 0 Å². The van der Waals surface area contributed by atoms with Gasteiger partial charge in [-0.05, 0) is 30.5 Å². The average Bonchev–Trinajstić information content (AvgIpc) is 2.91. The van der Waals surface area contributed by atoms with E-state index in [1.807, 2.05) is 12.1 Å². The third kappa shape index (κ3) is 4.83. The predicted octanol–water partition coefficient (Wildman–Crippen LogP) is 2.86. The second-order valence-corrected chi connectivity index (χ2v) is 7.27. The number of benzene rings is 1. The van der Waals surface area contributed by atoms with Crippen molar-refractivity contribution >= 4 is 21.6 Å². The van der Waals surface area contributed by atoms with Gasteiger partial charge in [-0.1, -0.05) is 37.1 Å². The third-order valence-electron chi connectivity index (χ3n) is 3.29. The van der Waals surface area contributed by atoms with E-state index >= 15 is 0 Å². The number of hydrogen-bond acceptors (Lipinski definition) is 3. The molecular formula is C15H20ClN3O2S. The summed E-state index contributed by atoms with van der Waals surface area (Å²) >= 11 is 5.75. The van der Waals surface area contributed by atoms with E-state index < -0.39 is 10.0 Å². The molecule has 0 unspecified atom stereocenters. The van der Waals surface area contributed by atoms with E-state index in [1.165, 1.54) is 6.20 Å². The summed E-state index contributed by atoms with van der Waals surface area (Å²) in [5.74, 6) is 0. The van der Waals surface area contributed by atoms with Gasteiger partial charge in [0.25, 0.3) is 0 Å². The molecule has 0 fully saturated rings. The Hall–Kier alpha value is -1.37. The fraction of sp³-hybridized carbons (Fsp3) is 0.400. The van der Waals surface area contributed by atoms with Crippen LogP contribution in [0.4, 0.5) is 0 Å². The lowest BCUT2D eigenvalue weighted by Gasteiger charge is -2.08. The average molecular weight is 342 g/mol. The number of sulfonamides is 1. The number of unbranched alkanes of at least 4 members (excludes halogenated alkanes) is 1. The topological polar surface area (TPSA) is 64.0 Å². The lowest BCUT2D eigenvalue weighted by Crippen LogP contribution is -2.27. The molecule has 2 rings (SSSR count). The van der Waals surface area contributed by atoms with Gasteiger partial charge in [0.1, 0.15) is 0 Å². The van der Waals surface area contributed by atoms with Gasteiger partial charge in [-0.2, -0.15) is 5.10 Å². The molecule has 0 saturated heterocycles. The van der Waals surface area contributed by atoms with Gasteiger partial charge in [0.15, 0.2) is 0 Å². The van der Waals surface area contributed by atoms with Crippen molar-refractivity contribution in [2.45, 2.75) is 37.6 Å². The van der Waals surface area contributed by atoms with Crippen LogP contribution in [0.2, 0.25) is 5.02 Å². The summed E-state index contributed by atoms with van der Waals surface area (Å²) in [5, 5.41) is 4.53. The lowest BCUT2D eigenvalue weighted by molar-refractivity contribution is 0.561. The summed E-state index contributed by atoms with van der Waals surface area (Å²) in [6, 6.07) is 7.05. The third-order valence-corrected chi connectivity index (χ3v) is 4.96. The predicted molar refractivity (Wildman–Crippen MR) is 87.5 cm³/mol. The van der Waals surface area contributed by atoms with Crippen LogP contribution in [0.25, 0.3) is 0 Å². The van der Waals surface area contributed by atoms with E-state index in [0.29, 0.717) is 11.6 Å². The Balaban J connectivity index is 1.91. The highest BCUT2D eigenvalue weighted by Crippen LogP contribution is 2.12. The molecule has 0 radical (unpaired) electrons. The van der Waals surface area contributed by atoms with E-state index in [4.69, 9.17) is 11.6 Å². The first-order valence-electron chi connectivity index (χ1n) is 7.28. The Labute approximate surface area is 136 Å². The standard InChI is InChI=1S/C15H20ClN3O2S/c1-2-3-4-13-5-7-15(8-6-13)22(20,21)18-9-10-19-12-14(16)11-17-19/h5-8,11-12,18H,2-4,9-10H2,1H3. The number of nitrogens with one attached hydrogen (secondary N) is 1. The summed E-state index contributed by atoms with van der Waals surface area (Å²) in [6.45, 7) is 2.83. The van der Waals surface area contributed by atoms with E-state index in [2.05, 4.69) is 16.7 Å². The van der Waals surface area contributed by atoms with Gasteiger partial charge >= 0.3 is 0 Å². The summed E-state index contributed by atoms with van der Waals surface area (Å²) in [5.41, 5.74) is 1.16. The molecule has 0 spiro atoms. The quantitative estimate of drug-likeness (QED) is 0.803. The minimum atomic E-state index is -3.48. The van der Waals surface area contributed by atoms with Crippen LogP contribution in [0, 0.1) is 0 Å². The van der Waals surface area contributed by atoms with Crippen LogP contribution in [-0.2, 0) is 23.0 Å². The Morgan fingerprint density at radius 1 is 1.27 bits per heavy atom. The minimum absolute atomic E-state index is 0.262. The Morgan fingerprint density at radius 2 is 2.00 bits per heavy atom. The summed E-state index contributed by atoms with van der Waals surface area (Å²) in [6.07, 6.45) is 6.38. The van der Waals surface area contributed by atoms with Crippen molar-refractivity contribution in [3.63, 3.8) is 0 Å². The molecule has 22 heavy (non-hydrogen) atoms. The molecule has 0 amide bonds.